The Labute approximate surface area is 123 Å². The molecule has 1 aromatic carbocycles. The van der Waals surface area contributed by atoms with Gasteiger partial charge >= 0.3 is 0 Å². The van der Waals surface area contributed by atoms with Crippen LogP contribution in [0, 0.1) is 5.92 Å². The van der Waals surface area contributed by atoms with Crippen LogP contribution in [0.3, 0.4) is 0 Å². The number of pyridine rings is 1. The maximum Gasteiger partial charge on any atom is 0.227 e. The molecule has 1 fully saturated rings. The largest absolute Gasteiger partial charge is 0.324 e. The van der Waals surface area contributed by atoms with E-state index in [9.17, 15) is 13.2 Å². The van der Waals surface area contributed by atoms with Gasteiger partial charge in [-0.15, -0.1) is 0 Å². The van der Waals surface area contributed by atoms with Gasteiger partial charge in [0, 0.05) is 17.5 Å². The minimum atomic E-state index is -2.95. The van der Waals surface area contributed by atoms with Gasteiger partial charge in [0.1, 0.15) is 9.84 Å². The first kappa shape index (κ1) is 14.0. The molecule has 21 heavy (non-hydrogen) atoms. The molecule has 1 amide bonds. The summed E-state index contributed by atoms with van der Waals surface area (Å²) in [7, 11) is -2.95. The third-order valence-electron chi connectivity index (χ3n) is 3.82. The van der Waals surface area contributed by atoms with Crippen LogP contribution in [0.5, 0.6) is 0 Å². The quantitative estimate of drug-likeness (QED) is 0.920. The summed E-state index contributed by atoms with van der Waals surface area (Å²) in [4.78, 5) is 16.6. The minimum absolute atomic E-state index is 0.0961. The average molecular weight is 304 g/mol. The van der Waals surface area contributed by atoms with Crippen LogP contribution >= 0.6 is 0 Å². The number of aromatic nitrogens is 1. The highest BCUT2D eigenvalue weighted by Gasteiger charge is 2.28. The molecular weight excluding hydrogens is 288 g/mol. The van der Waals surface area contributed by atoms with E-state index in [0.29, 0.717) is 18.5 Å². The number of para-hydroxylation sites is 1. The zero-order valence-corrected chi connectivity index (χ0v) is 12.3. The molecule has 0 saturated carbocycles. The fourth-order valence-electron chi connectivity index (χ4n) is 2.59. The van der Waals surface area contributed by atoms with Crippen molar-refractivity contribution in [2.75, 3.05) is 16.8 Å². The van der Waals surface area contributed by atoms with Gasteiger partial charge in [-0.2, -0.15) is 0 Å². The van der Waals surface area contributed by atoms with E-state index in [2.05, 4.69) is 10.3 Å². The molecule has 1 aliphatic rings. The summed E-state index contributed by atoms with van der Waals surface area (Å²) in [5, 5.41) is 3.85. The van der Waals surface area contributed by atoms with Gasteiger partial charge < -0.3 is 5.32 Å². The zero-order chi connectivity index (χ0) is 14.9. The van der Waals surface area contributed by atoms with Crippen molar-refractivity contribution in [1.82, 2.24) is 4.98 Å². The maximum absolute atomic E-state index is 12.3. The van der Waals surface area contributed by atoms with E-state index in [1.807, 2.05) is 30.3 Å². The Bertz CT molecular complexity index is 767. The Balaban J connectivity index is 1.78. The van der Waals surface area contributed by atoms with Crippen molar-refractivity contribution in [3.8, 4) is 0 Å². The lowest BCUT2D eigenvalue weighted by atomic mass is 10.0. The Morgan fingerprint density at radius 3 is 2.62 bits per heavy atom. The monoisotopic (exact) mass is 304 g/mol. The van der Waals surface area contributed by atoms with Crippen LogP contribution in [-0.2, 0) is 14.6 Å². The summed E-state index contributed by atoms with van der Waals surface area (Å²) >= 11 is 0. The van der Waals surface area contributed by atoms with Crippen molar-refractivity contribution in [2.45, 2.75) is 12.8 Å². The highest BCUT2D eigenvalue weighted by atomic mass is 32.2. The van der Waals surface area contributed by atoms with E-state index in [4.69, 9.17) is 0 Å². The summed E-state index contributed by atoms with van der Waals surface area (Å²) in [6, 6.07) is 9.40. The average Bonchev–Trinajstić information content (AvgIpc) is 2.47. The van der Waals surface area contributed by atoms with Gasteiger partial charge in [0.05, 0.1) is 22.7 Å². The van der Waals surface area contributed by atoms with Crippen LogP contribution in [0.4, 0.5) is 5.69 Å². The molecule has 0 atom stereocenters. The number of anilines is 1. The molecule has 2 heterocycles. The van der Waals surface area contributed by atoms with E-state index in [0.717, 1.165) is 10.9 Å². The molecule has 6 heteroatoms. The molecule has 1 aromatic heterocycles. The van der Waals surface area contributed by atoms with Gasteiger partial charge in [-0.3, -0.25) is 9.78 Å². The normalized spacial score (nSPS) is 18.5. The summed E-state index contributed by atoms with van der Waals surface area (Å²) in [6.45, 7) is 0. The molecule has 110 valence electrons. The number of hydrogen-bond acceptors (Lipinski definition) is 4. The molecular formula is C15H16N2O3S. The molecule has 0 radical (unpaired) electrons. The third-order valence-corrected chi connectivity index (χ3v) is 5.53. The SMILES string of the molecule is O=C(Nc1cccc2cccnc12)C1CCS(=O)(=O)CC1. The van der Waals surface area contributed by atoms with E-state index >= 15 is 0 Å². The zero-order valence-electron chi connectivity index (χ0n) is 11.5. The molecule has 1 saturated heterocycles. The number of fused-ring (bicyclic) bond motifs is 1. The predicted molar refractivity (Wildman–Crippen MR) is 81.8 cm³/mol. The second-order valence-electron chi connectivity index (χ2n) is 5.30. The minimum Gasteiger partial charge on any atom is -0.324 e. The first-order valence-corrected chi connectivity index (χ1v) is 8.72. The molecule has 3 rings (SSSR count). The molecule has 1 aliphatic heterocycles. The van der Waals surface area contributed by atoms with Crippen LogP contribution < -0.4 is 5.32 Å². The van der Waals surface area contributed by atoms with E-state index in [1.54, 1.807) is 6.20 Å². The Morgan fingerprint density at radius 1 is 1.14 bits per heavy atom. The fourth-order valence-corrected chi connectivity index (χ4v) is 4.08. The number of rotatable bonds is 2. The molecule has 0 aliphatic carbocycles. The van der Waals surface area contributed by atoms with Gasteiger partial charge in [-0.1, -0.05) is 18.2 Å². The van der Waals surface area contributed by atoms with E-state index in [-0.39, 0.29) is 23.3 Å². The van der Waals surface area contributed by atoms with Gasteiger partial charge in [-0.05, 0) is 25.0 Å². The van der Waals surface area contributed by atoms with E-state index in [1.165, 1.54) is 0 Å². The lowest BCUT2D eigenvalue weighted by Gasteiger charge is -2.21. The molecule has 0 bridgehead atoms. The highest BCUT2D eigenvalue weighted by molar-refractivity contribution is 7.91. The van der Waals surface area contributed by atoms with Crippen molar-refractivity contribution in [1.29, 1.82) is 0 Å². The van der Waals surface area contributed by atoms with Crippen molar-refractivity contribution < 1.29 is 13.2 Å². The van der Waals surface area contributed by atoms with Crippen molar-refractivity contribution in [3.05, 3.63) is 36.5 Å². The summed E-state index contributed by atoms with van der Waals surface area (Å²) in [6.07, 6.45) is 2.48. The number of carbonyl (C=O) groups is 1. The number of carbonyl (C=O) groups excluding carboxylic acids is 1. The van der Waals surface area contributed by atoms with Crippen molar-refractivity contribution in [2.24, 2.45) is 5.92 Å². The maximum atomic E-state index is 12.3. The number of amides is 1. The number of sulfone groups is 1. The van der Waals surface area contributed by atoms with Crippen LogP contribution in [-0.4, -0.2) is 30.8 Å². The second-order valence-corrected chi connectivity index (χ2v) is 7.60. The summed E-state index contributed by atoms with van der Waals surface area (Å²) < 4.78 is 22.8. The smallest absolute Gasteiger partial charge is 0.227 e. The predicted octanol–water partition coefficient (Wildman–Crippen LogP) is 2.00. The Kier molecular flexibility index (Phi) is 3.63. The fraction of sp³-hybridized carbons (Fsp3) is 0.333. The number of nitrogens with zero attached hydrogens (tertiary/aromatic N) is 1. The summed E-state index contributed by atoms with van der Waals surface area (Å²) in [5.41, 5.74) is 1.42. The Hall–Kier alpha value is -1.95. The number of hydrogen-bond donors (Lipinski definition) is 1. The highest BCUT2D eigenvalue weighted by Crippen LogP contribution is 2.24. The first-order valence-electron chi connectivity index (χ1n) is 6.90. The van der Waals surface area contributed by atoms with Crippen molar-refractivity contribution in [3.63, 3.8) is 0 Å². The molecule has 5 nitrogen and oxygen atoms in total. The lowest BCUT2D eigenvalue weighted by molar-refractivity contribution is -0.120. The lowest BCUT2D eigenvalue weighted by Crippen LogP contribution is -2.31. The molecule has 0 unspecified atom stereocenters. The topological polar surface area (TPSA) is 76.1 Å². The third kappa shape index (κ3) is 3.05. The van der Waals surface area contributed by atoms with Crippen molar-refractivity contribution >= 4 is 32.3 Å². The number of nitrogens with one attached hydrogen (secondary N) is 1. The van der Waals surface area contributed by atoms with Crippen LogP contribution in [0.15, 0.2) is 36.5 Å². The van der Waals surface area contributed by atoms with Gasteiger partial charge in [0.2, 0.25) is 5.91 Å². The molecule has 1 N–H and O–H groups in total. The van der Waals surface area contributed by atoms with Gasteiger partial charge in [0.25, 0.3) is 0 Å². The van der Waals surface area contributed by atoms with Crippen LogP contribution in [0.25, 0.3) is 10.9 Å². The molecule has 2 aromatic rings. The Morgan fingerprint density at radius 2 is 1.86 bits per heavy atom. The molecule has 0 spiro atoms. The van der Waals surface area contributed by atoms with Crippen LogP contribution in [0.1, 0.15) is 12.8 Å². The van der Waals surface area contributed by atoms with E-state index < -0.39 is 9.84 Å². The standard InChI is InChI=1S/C15H16N2O3S/c18-15(12-6-9-21(19,20)10-7-12)17-13-5-1-3-11-4-2-8-16-14(11)13/h1-5,8,12H,6-7,9-10H2,(H,17,18). The van der Waals surface area contributed by atoms with Gasteiger partial charge in [0.15, 0.2) is 0 Å². The number of benzene rings is 1. The first-order chi connectivity index (χ1) is 10.1. The van der Waals surface area contributed by atoms with Crippen LogP contribution in [0.2, 0.25) is 0 Å². The summed E-state index contributed by atoms with van der Waals surface area (Å²) in [5.74, 6) is -0.173. The van der Waals surface area contributed by atoms with Gasteiger partial charge in [-0.25, -0.2) is 8.42 Å². The second kappa shape index (κ2) is 5.44.